The average molecular weight is 269 g/mol. The number of rotatable bonds is 2. The predicted octanol–water partition coefficient (Wildman–Crippen LogP) is 4.78. The molecule has 0 bridgehead atoms. The second-order valence-corrected chi connectivity index (χ2v) is 6.32. The van der Waals surface area contributed by atoms with Crippen molar-refractivity contribution in [3.63, 3.8) is 0 Å². The third-order valence-corrected chi connectivity index (χ3v) is 4.70. The first-order chi connectivity index (χ1) is 9.65. The van der Waals surface area contributed by atoms with Crippen LogP contribution in [0.4, 0.5) is 5.69 Å². The molecule has 3 atom stereocenters. The Bertz CT molecular complexity index is 607. The minimum absolute atomic E-state index is 0.358. The number of nitrogens with one attached hydrogen (secondary N) is 1. The molecule has 0 amide bonds. The number of hydrogen-bond donors (Lipinski definition) is 2. The van der Waals surface area contributed by atoms with E-state index < -0.39 is 0 Å². The summed E-state index contributed by atoms with van der Waals surface area (Å²) in [4.78, 5) is 0. The van der Waals surface area contributed by atoms with Crippen LogP contribution in [0.3, 0.4) is 0 Å². The van der Waals surface area contributed by atoms with E-state index in [-0.39, 0.29) is 0 Å². The van der Waals surface area contributed by atoms with E-state index in [9.17, 15) is 5.11 Å². The molecule has 3 unspecified atom stereocenters. The first-order valence-electron chi connectivity index (χ1n) is 7.62. The van der Waals surface area contributed by atoms with Crippen molar-refractivity contribution in [3.8, 4) is 5.75 Å². The van der Waals surface area contributed by atoms with E-state index in [1.54, 1.807) is 6.07 Å². The van der Waals surface area contributed by atoms with Gasteiger partial charge in [0, 0.05) is 22.5 Å². The molecule has 1 saturated carbocycles. The lowest BCUT2D eigenvalue weighted by molar-refractivity contribution is 0.281. The molecule has 20 heavy (non-hydrogen) atoms. The molecule has 106 valence electrons. The zero-order chi connectivity index (χ0) is 14.1. The third kappa shape index (κ3) is 2.47. The predicted molar refractivity (Wildman–Crippen MR) is 85.2 cm³/mol. The van der Waals surface area contributed by atoms with Crippen LogP contribution in [0.15, 0.2) is 36.4 Å². The summed E-state index contributed by atoms with van der Waals surface area (Å²) in [6.07, 6.45) is 3.88. The molecule has 0 spiro atoms. The summed E-state index contributed by atoms with van der Waals surface area (Å²) in [5, 5.41) is 15.7. The largest absolute Gasteiger partial charge is 0.507 e. The van der Waals surface area contributed by atoms with Gasteiger partial charge in [0.25, 0.3) is 0 Å². The fourth-order valence-corrected chi connectivity index (χ4v) is 3.35. The molecule has 2 aromatic carbocycles. The van der Waals surface area contributed by atoms with Gasteiger partial charge in [0.15, 0.2) is 0 Å². The van der Waals surface area contributed by atoms with Crippen molar-refractivity contribution >= 4 is 16.5 Å². The zero-order valence-corrected chi connectivity index (χ0v) is 12.3. The number of hydrogen-bond acceptors (Lipinski definition) is 2. The fourth-order valence-electron chi connectivity index (χ4n) is 3.35. The van der Waals surface area contributed by atoms with Crippen molar-refractivity contribution in [1.82, 2.24) is 0 Å². The summed E-state index contributed by atoms with van der Waals surface area (Å²) in [6.45, 7) is 4.68. The second kappa shape index (κ2) is 5.35. The minimum Gasteiger partial charge on any atom is -0.507 e. The third-order valence-electron chi connectivity index (χ3n) is 4.70. The molecule has 0 saturated heterocycles. The van der Waals surface area contributed by atoms with Crippen LogP contribution >= 0.6 is 0 Å². The molecular weight excluding hydrogens is 246 g/mol. The lowest BCUT2D eigenvalue weighted by Gasteiger charge is -2.34. The molecular formula is C18H23NO. The average Bonchev–Trinajstić information content (AvgIpc) is 2.44. The highest BCUT2D eigenvalue weighted by molar-refractivity contribution is 5.97. The smallest absolute Gasteiger partial charge is 0.123 e. The van der Waals surface area contributed by atoms with Crippen molar-refractivity contribution < 1.29 is 5.11 Å². The Morgan fingerprint density at radius 2 is 1.75 bits per heavy atom. The van der Waals surface area contributed by atoms with Gasteiger partial charge in [-0.2, -0.15) is 0 Å². The first-order valence-corrected chi connectivity index (χ1v) is 7.62. The van der Waals surface area contributed by atoms with Gasteiger partial charge in [-0.3, -0.25) is 0 Å². The van der Waals surface area contributed by atoms with E-state index in [2.05, 4.69) is 31.3 Å². The van der Waals surface area contributed by atoms with Crippen LogP contribution < -0.4 is 5.32 Å². The topological polar surface area (TPSA) is 32.3 Å². The van der Waals surface area contributed by atoms with E-state index in [0.29, 0.717) is 17.7 Å². The molecule has 0 aromatic heterocycles. The number of anilines is 1. The van der Waals surface area contributed by atoms with Crippen LogP contribution in [0.5, 0.6) is 5.75 Å². The van der Waals surface area contributed by atoms with Gasteiger partial charge in [0.05, 0.1) is 0 Å². The van der Waals surface area contributed by atoms with Crippen molar-refractivity contribution in [2.45, 2.75) is 39.2 Å². The lowest BCUT2D eigenvalue weighted by Crippen LogP contribution is -2.33. The minimum atomic E-state index is 0.358. The zero-order valence-electron chi connectivity index (χ0n) is 12.3. The Hall–Kier alpha value is -1.70. The Morgan fingerprint density at radius 3 is 2.60 bits per heavy atom. The van der Waals surface area contributed by atoms with Gasteiger partial charge in [-0.1, -0.05) is 44.5 Å². The van der Waals surface area contributed by atoms with Gasteiger partial charge < -0.3 is 10.4 Å². The lowest BCUT2D eigenvalue weighted by atomic mass is 9.80. The molecule has 1 aliphatic rings. The molecule has 2 heteroatoms. The Labute approximate surface area is 120 Å². The Kier molecular flexibility index (Phi) is 3.56. The van der Waals surface area contributed by atoms with Gasteiger partial charge in [-0.25, -0.2) is 0 Å². The highest BCUT2D eigenvalue weighted by Crippen LogP contribution is 2.34. The van der Waals surface area contributed by atoms with E-state index in [0.717, 1.165) is 22.4 Å². The van der Waals surface area contributed by atoms with Crippen molar-refractivity contribution in [3.05, 3.63) is 36.4 Å². The Balaban J connectivity index is 1.92. The molecule has 0 heterocycles. The van der Waals surface area contributed by atoms with Crippen LogP contribution in [0, 0.1) is 11.8 Å². The fraction of sp³-hybridized carbons (Fsp3) is 0.444. The van der Waals surface area contributed by atoms with Crippen molar-refractivity contribution in [1.29, 1.82) is 0 Å². The van der Waals surface area contributed by atoms with Crippen LogP contribution in [0.1, 0.15) is 33.1 Å². The highest BCUT2D eigenvalue weighted by Gasteiger charge is 2.25. The highest BCUT2D eigenvalue weighted by atomic mass is 16.3. The number of phenolic OH excluding ortho intramolecular Hbond substituents is 1. The Morgan fingerprint density at radius 1 is 1.00 bits per heavy atom. The van der Waals surface area contributed by atoms with Crippen LogP contribution in [0.25, 0.3) is 10.8 Å². The number of phenols is 1. The first kappa shape index (κ1) is 13.3. The maximum Gasteiger partial charge on any atom is 0.123 e. The van der Waals surface area contributed by atoms with Crippen molar-refractivity contribution in [2.75, 3.05) is 5.32 Å². The SMILES string of the molecule is CC1CCC(C)C(Nc2cccc3c(O)cccc23)C1. The van der Waals surface area contributed by atoms with Gasteiger partial charge >= 0.3 is 0 Å². The maximum absolute atomic E-state index is 9.97. The second-order valence-electron chi connectivity index (χ2n) is 6.32. The summed E-state index contributed by atoms with van der Waals surface area (Å²) in [5.41, 5.74) is 1.14. The van der Waals surface area contributed by atoms with E-state index >= 15 is 0 Å². The summed E-state index contributed by atoms with van der Waals surface area (Å²) in [6, 6.07) is 12.4. The summed E-state index contributed by atoms with van der Waals surface area (Å²) in [7, 11) is 0. The van der Waals surface area contributed by atoms with E-state index in [1.807, 2.05) is 18.2 Å². The molecule has 2 nitrogen and oxygen atoms in total. The van der Waals surface area contributed by atoms with Crippen LogP contribution in [-0.2, 0) is 0 Å². The van der Waals surface area contributed by atoms with Gasteiger partial charge in [0.2, 0.25) is 0 Å². The quantitative estimate of drug-likeness (QED) is 0.822. The van der Waals surface area contributed by atoms with Gasteiger partial charge in [0.1, 0.15) is 5.75 Å². The van der Waals surface area contributed by atoms with Gasteiger partial charge in [-0.05, 0) is 36.8 Å². The molecule has 2 aromatic rings. The summed E-state index contributed by atoms with van der Waals surface area (Å²) < 4.78 is 0. The number of aromatic hydroxyl groups is 1. The summed E-state index contributed by atoms with van der Waals surface area (Å²) in [5.74, 6) is 1.86. The standard InChI is InChI=1S/C18H23NO/c1-12-9-10-13(2)17(11-12)19-16-7-3-6-15-14(16)5-4-8-18(15)20/h3-8,12-13,17,19-20H,9-11H2,1-2H3. The number of fused-ring (bicyclic) bond motifs is 1. The maximum atomic E-state index is 9.97. The van der Waals surface area contributed by atoms with Crippen LogP contribution in [-0.4, -0.2) is 11.1 Å². The number of benzene rings is 2. The molecule has 0 radical (unpaired) electrons. The van der Waals surface area contributed by atoms with Gasteiger partial charge in [-0.15, -0.1) is 0 Å². The van der Waals surface area contributed by atoms with E-state index in [1.165, 1.54) is 19.3 Å². The molecule has 3 rings (SSSR count). The normalized spacial score (nSPS) is 26.6. The molecule has 1 aliphatic carbocycles. The monoisotopic (exact) mass is 269 g/mol. The summed E-state index contributed by atoms with van der Waals surface area (Å²) >= 11 is 0. The van der Waals surface area contributed by atoms with Crippen molar-refractivity contribution in [2.24, 2.45) is 11.8 Å². The van der Waals surface area contributed by atoms with Crippen LogP contribution in [0.2, 0.25) is 0 Å². The molecule has 0 aliphatic heterocycles. The van der Waals surface area contributed by atoms with E-state index in [4.69, 9.17) is 0 Å². The molecule has 1 fully saturated rings. The molecule has 2 N–H and O–H groups in total.